The minimum atomic E-state index is 0. The van der Waals surface area contributed by atoms with Crippen molar-refractivity contribution in [1.29, 1.82) is 0 Å². The highest BCUT2D eigenvalue weighted by Crippen LogP contribution is 2.09. The van der Waals surface area contributed by atoms with Crippen molar-refractivity contribution < 1.29 is 0 Å². The Bertz CT molecular complexity index is 284. The topological polar surface area (TPSA) is 38.4 Å². The molecule has 0 aliphatic heterocycles. The van der Waals surface area contributed by atoms with Crippen molar-refractivity contribution in [2.75, 3.05) is 7.05 Å². The molecule has 0 amide bonds. The minimum absolute atomic E-state index is 0. The third-order valence-electron chi connectivity index (χ3n) is 1.36. The first-order valence-corrected chi connectivity index (χ1v) is 3.60. The second kappa shape index (κ2) is 5.01. The molecular weight excluding hydrogens is 195 g/mol. The predicted molar refractivity (Wildman–Crippen MR) is 55.3 cm³/mol. The SMILES string of the molecule is CN=C(N)c1cccc(Cl)c1.Cl. The molecule has 0 aliphatic carbocycles. The summed E-state index contributed by atoms with van der Waals surface area (Å²) in [4.78, 5) is 3.84. The standard InChI is InChI=1S/C8H9ClN2.ClH/c1-11-8(10)6-3-2-4-7(9)5-6;/h2-5H,1H3,(H2,10,11);1H. The Morgan fingerprint density at radius 2 is 2.17 bits per heavy atom. The van der Waals surface area contributed by atoms with E-state index in [1.807, 2.05) is 12.1 Å². The molecule has 66 valence electrons. The van der Waals surface area contributed by atoms with Crippen LogP contribution in [0.1, 0.15) is 5.56 Å². The lowest BCUT2D eigenvalue weighted by Crippen LogP contribution is -2.12. The zero-order chi connectivity index (χ0) is 8.27. The first-order valence-electron chi connectivity index (χ1n) is 3.22. The number of hydrogen-bond acceptors (Lipinski definition) is 1. The summed E-state index contributed by atoms with van der Waals surface area (Å²) in [5.74, 6) is 0.507. The Kier molecular flexibility index (Phi) is 4.71. The van der Waals surface area contributed by atoms with Crippen molar-refractivity contribution in [3.05, 3.63) is 34.9 Å². The molecule has 0 heterocycles. The zero-order valence-electron chi connectivity index (χ0n) is 6.62. The molecule has 1 aromatic carbocycles. The van der Waals surface area contributed by atoms with Gasteiger partial charge in [0.05, 0.1) is 0 Å². The van der Waals surface area contributed by atoms with Gasteiger partial charge in [0.1, 0.15) is 5.84 Å². The number of amidine groups is 1. The van der Waals surface area contributed by atoms with E-state index >= 15 is 0 Å². The average Bonchev–Trinajstić information content (AvgIpc) is 2.03. The molecule has 1 aromatic rings. The van der Waals surface area contributed by atoms with Gasteiger partial charge in [-0.1, -0.05) is 23.7 Å². The molecule has 0 aromatic heterocycles. The van der Waals surface area contributed by atoms with Crippen molar-refractivity contribution in [1.82, 2.24) is 0 Å². The Hall–Kier alpha value is -0.730. The smallest absolute Gasteiger partial charge is 0.125 e. The van der Waals surface area contributed by atoms with Gasteiger partial charge < -0.3 is 5.73 Å². The highest BCUT2D eigenvalue weighted by atomic mass is 35.5. The summed E-state index contributed by atoms with van der Waals surface area (Å²) < 4.78 is 0. The highest BCUT2D eigenvalue weighted by molar-refractivity contribution is 6.31. The Labute approximate surface area is 82.9 Å². The van der Waals surface area contributed by atoms with Crippen LogP contribution in [0, 0.1) is 0 Å². The fraction of sp³-hybridized carbons (Fsp3) is 0.125. The van der Waals surface area contributed by atoms with Crippen molar-refractivity contribution in [2.45, 2.75) is 0 Å². The van der Waals surface area contributed by atoms with Crippen molar-refractivity contribution in [2.24, 2.45) is 10.7 Å². The van der Waals surface area contributed by atoms with E-state index < -0.39 is 0 Å². The second-order valence-electron chi connectivity index (χ2n) is 2.12. The quantitative estimate of drug-likeness (QED) is 0.553. The van der Waals surface area contributed by atoms with E-state index in [4.69, 9.17) is 17.3 Å². The van der Waals surface area contributed by atoms with Crippen LogP contribution in [0.5, 0.6) is 0 Å². The van der Waals surface area contributed by atoms with Gasteiger partial charge in [-0.2, -0.15) is 0 Å². The van der Waals surface area contributed by atoms with Crippen LogP contribution in [0.15, 0.2) is 29.3 Å². The molecule has 12 heavy (non-hydrogen) atoms. The number of nitrogens with two attached hydrogens (primary N) is 1. The fourth-order valence-electron chi connectivity index (χ4n) is 0.777. The third kappa shape index (κ3) is 2.72. The lowest BCUT2D eigenvalue weighted by molar-refractivity contribution is 1.39. The largest absolute Gasteiger partial charge is 0.384 e. The molecule has 4 heteroatoms. The van der Waals surface area contributed by atoms with Crippen molar-refractivity contribution in [3.63, 3.8) is 0 Å². The van der Waals surface area contributed by atoms with Gasteiger partial charge in [-0.05, 0) is 12.1 Å². The molecule has 0 bridgehead atoms. The number of aliphatic imine (C=N–C) groups is 1. The number of rotatable bonds is 1. The van der Waals surface area contributed by atoms with Crippen LogP contribution in [0.25, 0.3) is 0 Å². The molecule has 2 nitrogen and oxygen atoms in total. The zero-order valence-corrected chi connectivity index (χ0v) is 8.19. The number of nitrogens with zero attached hydrogens (tertiary/aromatic N) is 1. The van der Waals surface area contributed by atoms with Crippen LogP contribution in [0.3, 0.4) is 0 Å². The van der Waals surface area contributed by atoms with Gasteiger partial charge in [0.15, 0.2) is 0 Å². The van der Waals surface area contributed by atoms with E-state index in [2.05, 4.69) is 4.99 Å². The van der Waals surface area contributed by atoms with Gasteiger partial charge in [-0.3, -0.25) is 4.99 Å². The van der Waals surface area contributed by atoms with Gasteiger partial charge in [0.25, 0.3) is 0 Å². The molecule has 0 saturated heterocycles. The summed E-state index contributed by atoms with van der Waals surface area (Å²) in [5.41, 5.74) is 6.42. The van der Waals surface area contributed by atoms with E-state index in [0.29, 0.717) is 10.9 Å². The highest BCUT2D eigenvalue weighted by Gasteiger charge is 1.95. The predicted octanol–water partition coefficient (Wildman–Crippen LogP) is 2.10. The van der Waals surface area contributed by atoms with Crippen LogP contribution >= 0.6 is 24.0 Å². The molecule has 1 rings (SSSR count). The van der Waals surface area contributed by atoms with Gasteiger partial charge in [-0.25, -0.2) is 0 Å². The first-order chi connectivity index (χ1) is 5.24. The van der Waals surface area contributed by atoms with Crippen molar-refractivity contribution >= 4 is 29.8 Å². The lowest BCUT2D eigenvalue weighted by Gasteiger charge is -1.98. The maximum absolute atomic E-state index is 5.74. The first kappa shape index (κ1) is 11.3. The molecule has 0 unspecified atom stereocenters. The summed E-state index contributed by atoms with van der Waals surface area (Å²) in [6.45, 7) is 0. The van der Waals surface area contributed by atoms with Crippen LogP contribution < -0.4 is 5.73 Å². The monoisotopic (exact) mass is 204 g/mol. The maximum Gasteiger partial charge on any atom is 0.125 e. The normalized spacial score (nSPS) is 10.7. The van der Waals surface area contributed by atoms with Crippen LogP contribution in [-0.2, 0) is 0 Å². The van der Waals surface area contributed by atoms with Crippen molar-refractivity contribution in [3.8, 4) is 0 Å². The molecule has 0 aliphatic rings. The van der Waals surface area contributed by atoms with Gasteiger partial charge in [0, 0.05) is 17.6 Å². The molecular formula is C8H10Cl2N2. The van der Waals surface area contributed by atoms with Gasteiger partial charge in [0.2, 0.25) is 0 Å². The van der Waals surface area contributed by atoms with E-state index in [-0.39, 0.29) is 12.4 Å². The minimum Gasteiger partial charge on any atom is -0.384 e. The Balaban J connectivity index is 0.00000121. The number of halogens is 2. The number of benzene rings is 1. The van der Waals surface area contributed by atoms with E-state index in [1.165, 1.54) is 0 Å². The average molecular weight is 205 g/mol. The van der Waals surface area contributed by atoms with E-state index in [0.717, 1.165) is 5.56 Å². The van der Waals surface area contributed by atoms with Gasteiger partial charge in [-0.15, -0.1) is 12.4 Å². The van der Waals surface area contributed by atoms with Crippen LogP contribution in [0.2, 0.25) is 5.02 Å². The number of hydrogen-bond donors (Lipinski definition) is 1. The summed E-state index contributed by atoms with van der Waals surface area (Å²) in [7, 11) is 1.65. The summed E-state index contributed by atoms with van der Waals surface area (Å²) in [6, 6.07) is 7.29. The Morgan fingerprint density at radius 1 is 1.50 bits per heavy atom. The summed E-state index contributed by atoms with van der Waals surface area (Å²) >= 11 is 5.74. The second-order valence-corrected chi connectivity index (χ2v) is 2.56. The van der Waals surface area contributed by atoms with Crippen LogP contribution in [-0.4, -0.2) is 12.9 Å². The Morgan fingerprint density at radius 3 is 2.67 bits per heavy atom. The summed E-state index contributed by atoms with van der Waals surface area (Å²) in [6.07, 6.45) is 0. The molecule has 0 saturated carbocycles. The fourth-order valence-corrected chi connectivity index (χ4v) is 0.967. The van der Waals surface area contributed by atoms with E-state index in [1.54, 1.807) is 19.2 Å². The molecule has 0 fully saturated rings. The molecule has 0 spiro atoms. The molecule has 0 atom stereocenters. The van der Waals surface area contributed by atoms with Crippen LogP contribution in [0.4, 0.5) is 0 Å². The van der Waals surface area contributed by atoms with Gasteiger partial charge >= 0.3 is 0 Å². The molecule has 0 radical (unpaired) electrons. The summed E-state index contributed by atoms with van der Waals surface area (Å²) in [5, 5.41) is 0.675. The molecule has 2 N–H and O–H groups in total. The third-order valence-corrected chi connectivity index (χ3v) is 1.60. The lowest BCUT2D eigenvalue weighted by atomic mass is 10.2. The van der Waals surface area contributed by atoms with E-state index in [9.17, 15) is 0 Å². The maximum atomic E-state index is 5.74.